The summed E-state index contributed by atoms with van der Waals surface area (Å²) in [5.41, 5.74) is 3.70. The Morgan fingerprint density at radius 1 is 1.22 bits per heavy atom. The molecule has 4 aromatic heterocycles. The molecule has 0 radical (unpaired) electrons. The average molecular weight is 497 g/mol. The van der Waals surface area contributed by atoms with Gasteiger partial charge in [0.2, 0.25) is 5.88 Å². The molecule has 0 atom stereocenters. The Balaban J connectivity index is 1.23. The third kappa shape index (κ3) is 4.21. The summed E-state index contributed by atoms with van der Waals surface area (Å²) in [4.78, 5) is 32.5. The lowest BCUT2D eigenvalue weighted by atomic mass is 9.85. The second-order valence-corrected chi connectivity index (χ2v) is 9.61. The molecule has 186 valence electrons. The number of fused-ring (bicyclic) bond motifs is 1. The number of likely N-dealkylation sites (tertiary alicyclic amines) is 1. The Morgan fingerprint density at radius 2 is 2.08 bits per heavy atom. The van der Waals surface area contributed by atoms with Crippen molar-refractivity contribution in [3.63, 3.8) is 0 Å². The number of rotatable bonds is 5. The fourth-order valence-corrected chi connectivity index (χ4v) is 4.70. The number of anilines is 2. The van der Waals surface area contributed by atoms with E-state index in [2.05, 4.69) is 25.3 Å². The normalized spacial score (nSPS) is 16.0. The van der Waals surface area contributed by atoms with Crippen LogP contribution in [0.25, 0.3) is 11.2 Å². The van der Waals surface area contributed by atoms with Crippen LogP contribution >= 0.6 is 0 Å². The monoisotopic (exact) mass is 496 g/mol. The fourth-order valence-electron chi connectivity index (χ4n) is 4.70. The second kappa shape index (κ2) is 8.83. The second-order valence-electron chi connectivity index (χ2n) is 9.61. The van der Waals surface area contributed by atoms with Gasteiger partial charge in [0, 0.05) is 37.8 Å². The maximum absolute atomic E-state index is 13.0. The van der Waals surface area contributed by atoms with Gasteiger partial charge in [-0.1, -0.05) is 0 Å². The molecular formula is C26H24N8O3. The molecule has 1 N–H and O–H groups in total. The lowest BCUT2D eigenvalue weighted by Crippen LogP contribution is -2.45. The van der Waals surface area contributed by atoms with E-state index in [9.17, 15) is 4.79 Å². The minimum absolute atomic E-state index is 0.0130. The van der Waals surface area contributed by atoms with E-state index in [1.807, 2.05) is 24.9 Å². The van der Waals surface area contributed by atoms with Crippen LogP contribution in [0.4, 0.5) is 11.5 Å². The van der Waals surface area contributed by atoms with E-state index in [1.165, 1.54) is 6.20 Å². The summed E-state index contributed by atoms with van der Waals surface area (Å²) in [6.45, 7) is 4.79. The maximum Gasteiger partial charge on any atom is 0.255 e. The minimum atomic E-state index is -0.0130. The summed E-state index contributed by atoms with van der Waals surface area (Å²) in [7, 11) is 1.85. The molecule has 2 aliphatic heterocycles. The van der Waals surface area contributed by atoms with Crippen LogP contribution in [0, 0.1) is 23.7 Å². The van der Waals surface area contributed by atoms with Gasteiger partial charge >= 0.3 is 0 Å². The van der Waals surface area contributed by atoms with Gasteiger partial charge in [-0.3, -0.25) is 4.79 Å². The number of pyridine rings is 3. The SMILES string of the molecule is Cc1cc(C#N)ncc1Oc1cc(Nc2ccc(C(=O)N3CCC4(COC4)C3)cn2)c2ncn(C)c2n1. The minimum Gasteiger partial charge on any atom is -0.437 e. The summed E-state index contributed by atoms with van der Waals surface area (Å²) >= 11 is 0. The predicted octanol–water partition coefficient (Wildman–Crippen LogP) is 3.34. The number of carbonyl (C=O) groups is 1. The van der Waals surface area contributed by atoms with Crippen molar-refractivity contribution >= 4 is 28.6 Å². The number of nitrogens with zero attached hydrogens (tertiary/aromatic N) is 7. The zero-order chi connectivity index (χ0) is 25.6. The van der Waals surface area contributed by atoms with Crippen molar-refractivity contribution in [2.24, 2.45) is 12.5 Å². The number of carbonyl (C=O) groups excluding carboxylic acids is 1. The van der Waals surface area contributed by atoms with E-state index >= 15 is 0 Å². The summed E-state index contributed by atoms with van der Waals surface area (Å²) in [6, 6.07) is 8.96. The molecule has 1 amide bonds. The first-order valence-electron chi connectivity index (χ1n) is 11.9. The molecule has 0 unspecified atom stereocenters. The van der Waals surface area contributed by atoms with Gasteiger partial charge in [0.1, 0.15) is 23.1 Å². The van der Waals surface area contributed by atoms with E-state index < -0.39 is 0 Å². The fraction of sp³-hybridized carbons (Fsp3) is 0.308. The number of hydrogen-bond acceptors (Lipinski definition) is 9. The number of amides is 1. The third-order valence-electron chi connectivity index (χ3n) is 6.85. The van der Waals surface area contributed by atoms with Crippen LogP contribution in [0.2, 0.25) is 0 Å². The summed E-state index contributed by atoms with van der Waals surface area (Å²) < 4.78 is 13.2. The Hall–Kier alpha value is -4.56. The van der Waals surface area contributed by atoms with Crippen LogP contribution in [0.5, 0.6) is 11.6 Å². The van der Waals surface area contributed by atoms with E-state index in [-0.39, 0.29) is 11.3 Å². The molecule has 2 aliphatic rings. The quantitative estimate of drug-likeness (QED) is 0.442. The standard InChI is InChI=1S/C26H24N8O3/c1-16-7-18(9-27)28-11-20(16)37-22-8-19(23-24(32-22)33(2)15-30-23)31-21-4-3-17(10-29-21)25(35)34-6-5-26(12-34)13-36-14-26/h3-4,7-8,10-11,15H,5-6,12-14H2,1-2H3,(H,29,31,32). The van der Waals surface area contributed by atoms with Gasteiger partial charge < -0.3 is 24.3 Å². The van der Waals surface area contributed by atoms with E-state index in [0.29, 0.717) is 45.6 Å². The molecule has 0 aromatic carbocycles. The van der Waals surface area contributed by atoms with Crippen molar-refractivity contribution in [1.82, 2.24) is 29.4 Å². The van der Waals surface area contributed by atoms with Crippen LogP contribution in [0.1, 0.15) is 28.0 Å². The zero-order valence-electron chi connectivity index (χ0n) is 20.4. The highest BCUT2D eigenvalue weighted by atomic mass is 16.5. The van der Waals surface area contributed by atoms with Gasteiger partial charge in [0.25, 0.3) is 5.91 Å². The molecule has 0 aliphatic carbocycles. The largest absolute Gasteiger partial charge is 0.437 e. The highest BCUT2D eigenvalue weighted by Crippen LogP contribution is 2.38. The summed E-state index contributed by atoms with van der Waals surface area (Å²) in [6.07, 6.45) is 5.75. The van der Waals surface area contributed by atoms with E-state index in [1.54, 1.807) is 41.4 Å². The van der Waals surface area contributed by atoms with Crippen LogP contribution in [0.3, 0.4) is 0 Å². The number of ether oxygens (including phenoxy) is 2. The first-order chi connectivity index (χ1) is 17.9. The third-order valence-corrected chi connectivity index (χ3v) is 6.85. The molecule has 4 aromatic rings. The molecule has 2 saturated heterocycles. The first kappa shape index (κ1) is 22.9. The lowest BCUT2D eigenvalue weighted by molar-refractivity contribution is -0.103. The first-order valence-corrected chi connectivity index (χ1v) is 11.9. The highest BCUT2D eigenvalue weighted by molar-refractivity contribution is 5.94. The van der Waals surface area contributed by atoms with Crippen molar-refractivity contribution in [3.05, 3.63) is 59.8 Å². The Labute approximate surface area is 212 Å². The number of nitriles is 1. The van der Waals surface area contributed by atoms with E-state index in [4.69, 9.17) is 14.7 Å². The molecule has 0 bridgehead atoms. The van der Waals surface area contributed by atoms with Gasteiger partial charge in [-0.05, 0) is 37.1 Å². The van der Waals surface area contributed by atoms with Crippen molar-refractivity contribution in [2.75, 3.05) is 31.6 Å². The number of aromatic nitrogens is 5. The Morgan fingerprint density at radius 3 is 2.76 bits per heavy atom. The van der Waals surface area contributed by atoms with Crippen LogP contribution in [-0.4, -0.2) is 61.6 Å². The molecular weight excluding hydrogens is 472 g/mol. The topological polar surface area (TPSA) is 131 Å². The maximum atomic E-state index is 13.0. The summed E-state index contributed by atoms with van der Waals surface area (Å²) in [5, 5.41) is 12.3. The Kier molecular flexibility index (Phi) is 5.46. The van der Waals surface area contributed by atoms with Crippen molar-refractivity contribution in [1.29, 1.82) is 5.26 Å². The number of imidazole rings is 1. The van der Waals surface area contributed by atoms with Gasteiger partial charge in [0.05, 0.1) is 37.0 Å². The van der Waals surface area contributed by atoms with Crippen LogP contribution in [0.15, 0.2) is 43.0 Å². The molecule has 1 spiro atoms. The van der Waals surface area contributed by atoms with Gasteiger partial charge in [0.15, 0.2) is 11.4 Å². The molecule has 6 rings (SSSR count). The lowest BCUT2D eigenvalue weighted by Gasteiger charge is -2.37. The van der Waals surface area contributed by atoms with Crippen molar-refractivity contribution < 1.29 is 14.3 Å². The van der Waals surface area contributed by atoms with Gasteiger partial charge in [-0.2, -0.15) is 10.2 Å². The zero-order valence-corrected chi connectivity index (χ0v) is 20.4. The number of hydrogen-bond donors (Lipinski definition) is 1. The van der Waals surface area contributed by atoms with Crippen LogP contribution in [-0.2, 0) is 11.8 Å². The molecule has 11 nitrogen and oxygen atoms in total. The molecule has 11 heteroatoms. The van der Waals surface area contributed by atoms with Gasteiger partial charge in [-0.25, -0.2) is 15.0 Å². The highest BCUT2D eigenvalue weighted by Gasteiger charge is 2.45. The van der Waals surface area contributed by atoms with Crippen molar-refractivity contribution in [2.45, 2.75) is 13.3 Å². The molecule has 0 saturated carbocycles. The van der Waals surface area contributed by atoms with Crippen molar-refractivity contribution in [3.8, 4) is 17.7 Å². The summed E-state index contributed by atoms with van der Waals surface area (Å²) in [5.74, 6) is 1.38. The Bertz CT molecular complexity index is 1550. The van der Waals surface area contributed by atoms with Gasteiger partial charge in [-0.15, -0.1) is 0 Å². The molecule has 6 heterocycles. The van der Waals surface area contributed by atoms with E-state index in [0.717, 1.165) is 38.3 Å². The average Bonchev–Trinajstić information content (AvgIpc) is 3.50. The number of aryl methyl sites for hydroxylation is 2. The number of nitrogens with one attached hydrogen (secondary N) is 1. The van der Waals surface area contributed by atoms with Crippen LogP contribution < -0.4 is 10.1 Å². The predicted molar refractivity (Wildman–Crippen MR) is 134 cm³/mol. The molecule has 37 heavy (non-hydrogen) atoms. The smallest absolute Gasteiger partial charge is 0.255 e. The molecule has 2 fully saturated rings.